The summed E-state index contributed by atoms with van der Waals surface area (Å²) in [7, 11) is 1.82. The van der Waals surface area contributed by atoms with Crippen LogP contribution in [-0.4, -0.2) is 20.3 Å². The van der Waals surface area contributed by atoms with E-state index in [9.17, 15) is 13.2 Å². The largest absolute Gasteiger partial charge is 0.416 e. The maximum absolute atomic E-state index is 13.0. The van der Waals surface area contributed by atoms with E-state index in [1.165, 1.54) is 23.9 Å². The third-order valence-corrected chi connectivity index (χ3v) is 4.63. The number of nitrogens with zero attached hydrogens (tertiary/aromatic N) is 3. The number of halogens is 3. The minimum Gasteiger partial charge on any atom is -0.312 e. The minimum atomic E-state index is -4.35. The summed E-state index contributed by atoms with van der Waals surface area (Å²) in [6.07, 6.45) is -2.60. The van der Waals surface area contributed by atoms with Crippen molar-refractivity contribution in [2.24, 2.45) is 7.05 Å². The molecule has 3 rings (SSSR count). The Balaban J connectivity index is 2.20. The summed E-state index contributed by atoms with van der Waals surface area (Å²) in [5.74, 6) is 1.29. The molecule has 0 N–H and O–H groups in total. The van der Waals surface area contributed by atoms with Gasteiger partial charge in [-0.3, -0.25) is 0 Å². The first-order chi connectivity index (χ1) is 11.3. The smallest absolute Gasteiger partial charge is 0.312 e. The lowest BCUT2D eigenvalue weighted by Crippen LogP contribution is -2.05. The lowest BCUT2D eigenvalue weighted by Gasteiger charge is -2.12. The van der Waals surface area contributed by atoms with Crippen LogP contribution in [0.4, 0.5) is 13.2 Å². The normalized spacial score (nSPS) is 12.1. The van der Waals surface area contributed by atoms with Crippen LogP contribution in [0.25, 0.3) is 22.6 Å². The Morgan fingerprint density at radius 3 is 2.62 bits per heavy atom. The van der Waals surface area contributed by atoms with E-state index in [2.05, 4.69) is 9.97 Å². The van der Waals surface area contributed by atoms with Gasteiger partial charge < -0.3 is 4.57 Å². The molecule has 0 aliphatic carbocycles. The molecule has 2 heterocycles. The highest BCUT2D eigenvalue weighted by atomic mass is 32.2. The minimum absolute atomic E-state index is 0.572. The first-order valence-corrected chi connectivity index (χ1v) is 8.43. The van der Waals surface area contributed by atoms with Gasteiger partial charge in [0.15, 0.2) is 5.65 Å². The standard InChI is InChI=1S/C17H16F3N3S/c1-4-24-14-8-11(17(18,19)20)5-6-12(14)15-22-13-7-10(2)9-21-16(13)23(15)3/h5-9H,4H2,1-3H3. The van der Waals surface area contributed by atoms with Gasteiger partial charge in [-0.1, -0.05) is 6.92 Å². The van der Waals surface area contributed by atoms with Crippen LogP contribution in [0, 0.1) is 6.92 Å². The summed E-state index contributed by atoms with van der Waals surface area (Å²) in [5, 5.41) is 0. The van der Waals surface area contributed by atoms with Crippen LogP contribution in [0.15, 0.2) is 35.4 Å². The van der Waals surface area contributed by atoms with Crippen molar-refractivity contribution in [1.82, 2.24) is 14.5 Å². The topological polar surface area (TPSA) is 30.7 Å². The number of aryl methyl sites for hydroxylation is 2. The molecule has 0 radical (unpaired) electrons. The average Bonchev–Trinajstić information content (AvgIpc) is 2.83. The first-order valence-electron chi connectivity index (χ1n) is 7.44. The highest BCUT2D eigenvalue weighted by molar-refractivity contribution is 7.99. The summed E-state index contributed by atoms with van der Waals surface area (Å²) in [6.45, 7) is 3.84. The fraction of sp³-hybridized carbons (Fsp3) is 0.294. The SMILES string of the molecule is CCSc1cc(C(F)(F)F)ccc1-c1nc2cc(C)cnc2n1C. The Morgan fingerprint density at radius 1 is 1.21 bits per heavy atom. The van der Waals surface area contributed by atoms with Gasteiger partial charge in [0, 0.05) is 23.7 Å². The summed E-state index contributed by atoms with van der Waals surface area (Å²) in [5.41, 5.74) is 2.48. The molecule has 2 aromatic heterocycles. The van der Waals surface area contributed by atoms with E-state index in [-0.39, 0.29) is 0 Å². The van der Waals surface area contributed by atoms with Crippen LogP contribution in [0.2, 0.25) is 0 Å². The second kappa shape index (κ2) is 6.12. The number of thioether (sulfide) groups is 1. The molecule has 0 aliphatic rings. The summed E-state index contributed by atoms with van der Waals surface area (Å²) >= 11 is 1.38. The molecular weight excluding hydrogens is 335 g/mol. The van der Waals surface area contributed by atoms with Gasteiger partial charge in [0.25, 0.3) is 0 Å². The molecule has 0 fully saturated rings. The Kier molecular flexibility index (Phi) is 4.29. The zero-order valence-electron chi connectivity index (χ0n) is 13.5. The van der Waals surface area contributed by atoms with Gasteiger partial charge in [-0.25, -0.2) is 9.97 Å². The molecule has 0 atom stereocenters. The maximum Gasteiger partial charge on any atom is 0.416 e. The number of alkyl halides is 3. The Hall–Kier alpha value is -2.02. The third-order valence-electron chi connectivity index (χ3n) is 3.70. The molecule has 0 amide bonds. The quantitative estimate of drug-likeness (QED) is 0.617. The molecule has 126 valence electrons. The zero-order valence-corrected chi connectivity index (χ0v) is 14.3. The average molecular weight is 351 g/mol. The van der Waals surface area contributed by atoms with Crippen LogP contribution in [0.1, 0.15) is 18.1 Å². The van der Waals surface area contributed by atoms with E-state index in [1.807, 2.05) is 31.5 Å². The third kappa shape index (κ3) is 3.00. The van der Waals surface area contributed by atoms with Crippen molar-refractivity contribution in [2.75, 3.05) is 5.75 Å². The predicted molar refractivity (Wildman–Crippen MR) is 90.1 cm³/mol. The van der Waals surface area contributed by atoms with Crippen LogP contribution in [0.5, 0.6) is 0 Å². The number of fused-ring (bicyclic) bond motifs is 1. The van der Waals surface area contributed by atoms with Crippen LogP contribution >= 0.6 is 11.8 Å². The van der Waals surface area contributed by atoms with E-state index < -0.39 is 11.7 Å². The predicted octanol–water partition coefficient (Wildman–Crippen LogP) is 5.07. The molecule has 0 bridgehead atoms. The molecule has 24 heavy (non-hydrogen) atoms. The molecule has 7 heteroatoms. The zero-order chi connectivity index (χ0) is 17.5. The van der Waals surface area contributed by atoms with Gasteiger partial charge >= 0.3 is 6.18 Å². The number of hydrogen-bond acceptors (Lipinski definition) is 3. The van der Waals surface area contributed by atoms with E-state index in [1.54, 1.807) is 6.20 Å². The first kappa shape index (κ1) is 16.8. The lowest BCUT2D eigenvalue weighted by molar-refractivity contribution is -0.137. The van der Waals surface area contributed by atoms with Gasteiger partial charge in [-0.15, -0.1) is 11.8 Å². The van der Waals surface area contributed by atoms with Crippen LogP contribution in [-0.2, 0) is 13.2 Å². The number of hydrogen-bond donors (Lipinski definition) is 0. The monoisotopic (exact) mass is 351 g/mol. The Labute approximate surface area is 141 Å². The fourth-order valence-corrected chi connectivity index (χ4v) is 3.41. The fourth-order valence-electron chi connectivity index (χ4n) is 2.58. The molecule has 3 aromatic rings. The van der Waals surface area contributed by atoms with Crippen LogP contribution < -0.4 is 0 Å². The molecule has 3 nitrogen and oxygen atoms in total. The number of benzene rings is 1. The van der Waals surface area contributed by atoms with E-state index >= 15 is 0 Å². The molecule has 0 aliphatic heterocycles. The molecule has 0 saturated carbocycles. The van der Waals surface area contributed by atoms with Crippen molar-refractivity contribution in [3.8, 4) is 11.4 Å². The Morgan fingerprint density at radius 2 is 1.96 bits per heavy atom. The van der Waals surface area contributed by atoms with Crippen molar-refractivity contribution < 1.29 is 13.2 Å². The summed E-state index contributed by atoms with van der Waals surface area (Å²) in [4.78, 5) is 9.53. The summed E-state index contributed by atoms with van der Waals surface area (Å²) in [6, 6.07) is 5.71. The van der Waals surface area contributed by atoms with Gasteiger partial charge in [-0.2, -0.15) is 13.2 Å². The van der Waals surface area contributed by atoms with E-state index in [0.29, 0.717) is 27.7 Å². The van der Waals surface area contributed by atoms with Gasteiger partial charge in [0.1, 0.15) is 11.3 Å². The van der Waals surface area contributed by atoms with Crippen molar-refractivity contribution >= 4 is 22.9 Å². The van der Waals surface area contributed by atoms with Crippen molar-refractivity contribution in [2.45, 2.75) is 24.9 Å². The second-order valence-corrected chi connectivity index (χ2v) is 6.80. The second-order valence-electron chi connectivity index (χ2n) is 5.49. The van der Waals surface area contributed by atoms with Gasteiger partial charge in [0.2, 0.25) is 0 Å². The van der Waals surface area contributed by atoms with Gasteiger partial charge in [0.05, 0.1) is 5.56 Å². The number of aromatic nitrogens is 3. The number of rotatable bonds is 3. The Bertz CT molecular complexity index is 900. The number of pyridine rings is 1. The highest BCUT2D eigenvalue weighted by Gasteiger charge is 2.31. The highest BCUT2D eigenvalue weighted by Crippen LogP contribution is 2.37. The van der Waals surface area contributed by atoms with E-state index in [0.717, 1.165) is 17.1 Å². The van der Waals surface area contributed by atoms with Crippen LogP contribution in [0.3, 0.4) is 0 Å². The molecule has 0 unspecified atom stereocenters. The molecular formula is C17H16F3N3S. The molecule has 0 saturated heterocycles. The maximum atomic E-state index is 13.0. The number of imidazole rings is 1. The van der Waals surface area contributed by atoms with E-state index in [4.69, 9.17) is 0 Å². The van der Waals surface area contributed by atoms with Gasteiger partial charge in [-0.05, 0) is 42.5 Å². The lowest BCUT2D eigenvalue weighted by atomic mass is 10.1. The summed E-state index contributed by atoms with van der Waals surface area (Å²) < 4.78 is 40.8. The van der Waals surface area contributed by atoms with Crippen molar-refractivity contribution in [1.29, 1.82) is 0 Å². The van der Waals surface area contributed by atoms with Crippen molar-refractivity contribution in [3.63, 3.8) is 0 Å². The molecule has 1 aromatic carbocycles. The molecule has 0 spiro atoms. The van der Waals surface area contributed by atoms with Crippen molar-refractivity contribution in [3.05, 3.63) is 41.6 Å².